The van der Waals surface area contributed by atoms with Gasteiger partial charge in [0.2, 0.25) is 0 Å². The molecule has 2 atom stereocenters. The van der Waals surface area contributed by atoms with Crippen LogP contribution in [0.5, 0.6) is 0 Å². The van der Waals surface area contributed by atoms with Crippen LogP contribution in [-0.4, -0.2) is 23.5 Å². The fourth-order valence-electron chi connectivity index (χ4n) is 3.14. The fraction of sp³-hybridized carbons (Fsp3) is 0.526. The molecule has 3 nitrogen and oxygen atoms in total. The van der Waals surface area contributed by atoms with Crippen LogP contribution in [0.4, 0.5) is 0 Å². The van der Waals surface area contributed by atoms with Crippen molar-refractivity contribution in [2.75, 3.05) is 6.54 Å². The minimum atomic E-state index is -0.494. The number of carbonyl (C=O) groups excluding carboxylic acids is 1. The Balaban J connectivity index is 0.00000264. The average molecular weight is 338 g/mol. The van der Waals surface area contributed by atoms with Gasteiger partial charge in [0.05, 0.1) is 13.0 Å². The van der Waals surface area contributed by atoms with E-state index in [0.717, 1.165) is 36.9 Å². The molecule has 0 spiro atoms. The summed E-state index contributed by atoms with van der Waals surface area (Å²) in [6.45, 7) is 4.84. The molecule has 3 N–H and O–H groups in total. The molecule has 1 aliphatic rings. The van der Waals surface area contributed by atoms with Gasteiger partial charge in [-0.15, -0.1) is 0 Å². The molecule has 4 heteroatoms. The van der Waals surface area contributed by atoms with Gasteiger partial charge >= 0.3 is 0 Å². The molecule has 0 radical (unpaired) electrons. The Bertz CT molecular complexity index is 527. The van der Waals surface area contributed by atoms with E-state index >= 15 is 0 Å². The van der Waals surface area contributed by atoms with Crippen molar-refractivity contribution >= 4 is 5.78 Å². The van der Waals surface area contributed by atoms with Crippen molar-refractivity contribution in [2.45, 2.75) is 58.1 Å². The molecule has 0 saturated carbocycles. The standard InChI is InChI=1S/C19H27NO2.ClH/c1-14-8-6-7-11-17(14)18(21)12-13-20-15(2)19(22)16-9-4-3-5-10-16;/h3-5,9-10,15,19-20,22H,6-8,11-13H2,1-2H3;1H. The summed E-state index contributed by atoms with van der Waals surface area (Å²) in [6.07, 6.45) is 4.46. The van der Waals surface area contributed by atoms with Gasteiger partial charge in [-0.2, -0.15) is 0 Å². The van der Waals surface area contributed by atoms with Crippen molar-refractivity contribution in [3.05, 3.63) is 47.0 Å². The van der Waals surface area contributed by atoms with Crippen LogP contribution in [0.15, 0.2) is 41.5 Å². The number of benzene rings is 1. The number of rotatable bonds is 7. The number of carbonyl (C=O) groups is 1. The minimum Gasteiger partial charge on any atom is -1.00 e. The topological polar surface area (TPSA) is 53.9 Å². The number of quaternary nitrogens is 1. The first kappa shape index (κ1) is 19.9. The Morgan fingerprint density at radius 2 is 1.87 bits per heavy atom. The predicted octanol–water partition coefficient (Wildman–Crippen LogP) is -0.474. The number of aliphatic hydroxyl groups excluding tert-OH is 1. The first-order valence-corrected chi connectivity index (χ1v) is 8.37. The summed E-state index contributed by atoms with van der Waals surface area (Å²) in [5.41, 5.74) is 3.29. The van der Waals surface area contributed by atoms with Gasteiger partial charge in [0.15, 0.2) is 5.78 Å². The van der Waals surface area contributed by atoms with Crippen LogP contribution in [-0.2, 0) is 4.79 Å². The molecule has 0 bridgehead atoms. The molecule has 1 aromatic rings. The molecular weight excluding hydrogens is 310 g/mol. The molecule has 0 aromatic heterocycles. The maximum Gasteiger partial charge on any atom is 0.164 e. The molecule has 0 heterocycles. The molecule has 2 unspecified atom stereocenters. The average Bonchev–Trinajstić information content (AvgIpc) is 2.55. The van der Waals surface area contributed by atoms with Crippen molar-refractivity contribution in [3.63, 3.8) is 0 Å². The highest BCUT2D eigenvalue weighted by Crippen LogP contribution is 2.25. The molecule has 23 heavy (non-hydrogen) atoms. The lowest BCUT2D eigenvalue weighted by Gasteiger charge is -2.19. The summed E-state index contributed by atoms with van der Waals surface area (Å²) >= 11 is 0. The highest BCUT2D eigenvalue weighted by molar-refractivity contribution is 5.96. The summed E-state index contributed by atoms with van der Waals surface area (Å²) in [5.74, 6) is 0.301. The lowest BCUT2D eigenvalue weighted by molar-refractivity contribution is -0.693. The third-order valence-corrected chi connectivity index (χ3v) is 4.63. The number of allylic oxidation sites excluding steroid dienone is 2. The second-order valence-electron chi connectivity index (χ2n) is 6.38. The normalized spacial score (nSPS) is 17.3. The smallest absolute Gasteiger partial charge is 0.164 e. The van der Waals surface area contributed by atoms with Gasteiger partial charge in [0.1, 0.15) is 12.1 Å². The summed E-state index contributed by atoms with van der Waals surface area (Å²) < 4.78 is 0. The van der Waals surface area contributed by atoms with E-state index in [4.69, 9.17) is 0 Å². The zero-order valence-corrected chi connectivity index (χ0v) is 14.9. The highest BCUT2D eigenvalue weighted by Gasteiger charge is 2.20. The van der Waals surface area contributed by atoms with Crippen molar-refractivity contribution < 1.29 is 27.6 Å². The van der Waals surface area contributed by atoms with Gasteiger partial charge in [-0.1, -0.05) is 35.9 Å². The Morgan fingerprint density at radius 1 is 1.22 bits per heavy atom. The lowest BCUT2D eigenvalue weighted by Crippen LogP contribution is -3.00. The van der Waals surface area contributed by atoms with E-state index in [1.807, 2.05) is 37.3 Å². The number of hydrogen-bond acceptors (Lipinski definition) is 2. The number of hydrogen-bond donors (Lipinski definition) is 2. The molecule has 1 aliphatic carbocycles. The Kier molecular flexibility index (Phi) is 8.53. The van der Waals surface area contributed by atoms with Crippen molar-refractivity contribution in [3.8, 4) is 0 Å². The molecule has 128 valence electrons. The fourth-order valence-corrected chi connectivity index (χ4v) is 3.14. The third-order valence-electron chi connectivity index (χ3n) is 4.63. The second-order valence-corrected chi connectivity index (χ2v) is 6.38. The third kappa shape index (κ3) is 5.76. The maximum absolute atomic E-state index is 12.3. The molecule has 0 aliphatic heterocycles. The van der Waals surface area contributed by atoms with Crippen LogP contribution in [0.1, 0.15) is 57.6 Å². The van der Waals surface area contributed by atoms with Crippen LogP contribution in [0.3, 0.4) is 0 Å². The number of nitrogens with two attached hydrogens (primary N) is 1. The number of aliphatic hydroxyl groups is 1. The van der Waals surface area contributed by atoms with Gasteiger partial charge in [-0.25, -0.2) is 0 Å². The van der Waals surface area contributed by atoms with Crippen LogP contribution in [0, 0.1) is 0 Å². The van der Waals surface area contributed by atoms with Crippen molar-refractivity contribution in [2.24, 2.45) is 0 Å². The van der Waals surface area contributed by atoms with Gasteiger partial charge in [0.25, 0.3) is 0 Å². The van der Waals surface area contributed by atoms with Crippen molar-refractivity contribution in [1.29, 1.82) is 0 Å². The monoisotopic (exact) mass is 337 g/mol. The van der Waals surface area contributed by atoms with Gasteiger partial charge in [-0.3, -0.25) is 4.79 Å². The largest absolute Gasteiger partial charge is 1.00 e. The Hall–Kier alpha value is -1.16. The molecular formula is C19H28ClNO2. The van der Waals surface area contributed by atoms with Crippen LogP contribution < -0.4 is 17.7 Å². The summed E-state index contributed by atoms with van der Waals surface area (Å²) in [4.78, 5) is 12.3. The minimum absolute atomic E-state index is 0. The quantitative estimate of drug-likeness (QED) is 0.706. The zero-order chi connectivity index (χ0) is 15.9. The maximum atomic E-state index is 12.3. The Morgan fingerprint density at radius 3 is 2.52 bits per heavy atom. The van der Waals surface area contributed by atoms with Crippen LogP contribution in [0.25, 0.3) is 0 Å². The first-order chi connectivity index (χ1) is 10.6. The van der Waals surface area contributed by atoms with E-state index in [1.165, 1.54) is 12.0 Å². The van der Waals surface area contributed by atoms with Crippen molar-refractivity contribution in [1.82, 2.24) is 0 Å². The van der Waals surface area contributed by atoms with E-state index < -0.39 is 6.10 Å². The van der Waals surface area contributed by atoms with E-state index in [1.54, 1.807) is 0 Å². The number of Topliss-reactive ketones (excluding diaryl/α,β-unsaturated/α-hetero) is 1. The highest BCUT2D eigenvalue weighted by atomic mass is 35.5. The van der Waals surface area contributed by atoms with E-state index in [2.05, 4.69) is 12.2 Å². The molecule has 2 rings (SSSR count). The molecule has 0 amide bonds. The number of ketones is 1. The summed E-state index contributed by atoms with van der Waals surface area (Å²) in [5, 5.41) is 12.4. The Labute approximate surface area is 145 Å². The van der Waals surface area contributed by atoms with Gasteiger partial charge < -0.3 is 22.8 Å². The molecule has 0 saturated heterocycles. The van der Waals surface area contributed by atoms with Gasteiger partial charge in [0, 0.05) is 0 Å². The van der Waals surface area contributed by atoms with Crippen LogP contribution >= 0.6 is 0 Å². The van der Waals surface area contributed by atoms with Gasteiger partial charge in [-0.05, 0) is 50.7 Å². The number of halogens is 1. The summed E-state index contributed by atoms with van der Waals surface area (Å²) in [7, 11) is 0. The lowest BCUT2D eigenvalue weighted by atomic mass is 9.89. The molecule has 0 fully saturated rings. The SMILES string of the molecule is CC1=C(C(=O)CC[NH2+]C(C)C(O)c2ccccc2)CCCC1.[Cl-]. The predicted molar refractivity (Wildman–Crippen MR) is 88.4 cm³/mol. The van der Waals surface area contributed by atoms with E-state index in [-0.39, 0.29) is 18.4 Å². The first-order valence-electron chi connectivity index (χ1n) is 8.37. The second kappa shape index (κ2) is 9.86. The molecule has 1 aromatic carbocycles. The van der Waals surface area contributed by atoms with E-state index in [9.17, 15) is 9.90 Å². The summed E-state index contributed by atoms with van der Waals surface area (Å²) in [6, 6.07) is 9.76. The zero-order valence-electron chi connectivity index (χ0n) is 14.1. The van der Waals surface area contributed by atoms with Crippen LogP contribution in [0.2, 0.25) is 0 Å². The van der Waals surface area contributed by atoms with E-state index in [0.29, 0.717) is 12.2 Å².